The van der Waals surface area contributed by atoms with Crippen molar-refractivity contribution < 1.29 is 9.72 Å². The van der Waals surface area contributed by atoms with Crippen molar-refractivity contribution in [2.24, 2.45) is 10.9 Å². The Kier molecular flexibility index (Phi) is 5.91. The van der Waals surface area contributed by atoms with Crippen molar-refractivity contribution in [2.75, 3.05) is 12.3 Å². The molecule has 1 aliphatic rings. The van der Waals surface area contributed by atoms with E-state index in [-0.39, 0.29) is 22.5 Å². The van der Waals surface area contributed by atoms with Crippen molar-refractivity contribution >= 4 is 43.8 Å². The van der Waals surface area contributed by atoms with Gasteiger partial charge >= 0.3 is 0 Å². The third-order valence-electron chi connectivity index (χ3n) is 4.99. The highest BCUT2D eigenvalue weighted by atomic mass is 32.2. The van der Waals surface area contributed by atoms with Crippen LogP contribution in [0.25, 0.3) is 10.8 Å². The van der Waals surface area contributed by atoms with Gasteiger partial charge in [0.05, 0.1) is 5.92 Å². The van der Waals surface area contributed by atoms with E-state index in [4.69, 9.17) is 4.99 Å². The number of nitro groups is 1. The molecule has 27 heavy (non-hydrogen) atoms. The Bertz CT molecular complexity index is 908. The second-order valence-electron chi connectivity index (χ2n) is 6.82. The van der Waals surface area contributed by atoms with Crippen molar-refractivity contribution in [1.82, 2.24) is 0 Å². The minimum atomic E-state index is -1.13. The van der Waals surface area contributed by atoms with Crippen LogP contribution >= 0.6 is 23.5 Å². The van der Waals surface area contributed by atoms with E-state index in [2.05, 4.69) is 0 Å². The molecule has 0 saturated carbocycles. The highest BCUT2D eigenvalue weighted by Crippen LogP contribution is 2.48. The van der Waals surface area contributed by atoms with Crippen molar-refractivity contribution in [3.05, 3.63) is 58.1 Å². The molecule has 3 rings (SSSR count). The molecule has 0 saturated heterocycles. The number of thioether (sulfide) groups is 2. The lowest BCUT2D eigenvalue weighted by Crippen LogP contribution is -2.46. The number of carbonyl (C=O) groups is 1. The minimum absolute atomic E-state index is 0.0896. The Hall–Kier alpha value is -1.86. The lowest BCUT2D eigenvalue weighted by Gasteiger charge is -2.35. The zero-order valence-electron chi connectivity index (χ0n) is 15.5. The summed E-state index contributed by atoms with van der Waals surface area (Å²) >= 11 is 2.65. The number of rotatable bonds is 6. The van der Waals surface area contributed by atoms with Gasteiger partial charge < -0.3 is 0 Å². The number of nitrogens with zero attached hydrogens (tertiary/aromatic N) is 2. The molecule has 0 fully saturated rings. The van der Waals surface area contributed by atoms with Crippen molar-refractivity contribution in [2.45, 2.75) is 32.2 Å². The lowest BCUT2D eigenvalue weighted by atomic mass is 9.72. The average Bonchev–Trinajstić information content (AvgIpc) is 2.96. The molecule has 5 nitrogen and oxygen atoms in total. The first-order chi connectivity index (χ1) is 12.9. The van der Waals surface area contributed by atoms with E-state index in [0.717, 1.165) is 33.9 Å². The van der Waals surface area contributed by atoms with E-state index < -0.39 is 11.5 Å². The molecule has 1 aliphatic heterocycles. The van der Waals surface area contributed by atoms with E-state index in [1.54, 1.807) is 0 Å². The van der Waals surface area contributed by atoms with Gasteiger partial charge in [-0.2, -0.15) is 0 Å². The summed E-state index contributed by atoms with van der Waals surface area (Å²) < 4.78 is 0.713. The molecule has 0 aliphatic carbocycles. The van der Waals surface area contributed by atoms with Gasteiger partial charge in [0.15, 0.2) is 0 Å². The van der Waals surface area contributed by atoms with Crippen LogP contribution in [0, 0.1) is 16.0 Å². The van der Waals surface area contributed by atoms with Crippen LogP contribution in [-0.4, -0.2) is 32.3 Å². The molecular weight excluding hydrogens is 380 g/mol. The van der Waals surface area contributed by atoms with Crippen LogP contribution in [0.3, 0.4) is 0 Å². The summed E-state index contributed by atoms with van der Waals surface area (Å²) in [4.78, 5) is 29.2. The molecule has 2 atom stereocenters. The summed E-state index contributed by atoms with van der Waals surface area (Å²) in [6, 6.07) is 13.6. The molecule has 0 radical (unpaired) electrons. The first-order valence-corrected chi connectivity index (χ1v) is 10.7. The highest BCUT2D eigenvalue weighted by Gasteiger charge is 2.55. The maximum atomic E-state index is 13.2. The number of benzene rings is 2. The summed E-state index contributed by atoms with van der Waals surface area (Å²) in [6.07, 6.45) is 0. The van der Waals surface area contributed by atoms with E-state index in [1.165, 1.54) is 11.8 Å². The van der Waals surface area contributed by atoms with E-state index in [9.17, 15) is 14.9 Å². The Morgan fingerprint density at radius 3 is 2.59 bits per heavy atom. The molecule has 142 valence electrons. The quantitative estimate of drug-likeness (QED) is 0.503. The number of fused-ring (bicyclic) bond motifs is 1. The van der Waals surface area contributed by atoms with E-state index >= 15 is 0 Å². The standard InChI is InChI=1S/C20H22N2O3S2/c1-4-26-19-21-20(13(2)3,18(23)27-19)17(12-22(24)25)16-11-7-9-14-8-5-6-10-15(14)16/h5-11,13,17H,4,12H2,1-3H3/t17-,20+/m1/s1. The number of aliphatic imine (C=N–C) groups is 1. The zero-order chi connectivity index (χ0) is 19.6. The van der Waals surface area contributed by atoms with Crippen LogP contribution in [0.5, 0.6) is 0 Å². The van der Waals surface area contributed by atoms with Crippen molar-refractivity contribution in [3.8, 4) is 0 Å². The summed E-state index contributed by atoms with van der Waals surface area (Å²) in [5.41, 5.74) is -0.307. The third-order valence-corrected chi connectivity index (χ3v) is 7.00. The largest absolute Gasteiger partial charge is 0.284 e. The van der Waals surface area contributed by atoms with Gasteiger partial charge in [-0.05, 0) is 39.8 Å². The van der Waals surface area contributed by atoms with Crippen LogP contribution < -0.4 is 0 Å². The molecule has 0 spiro atoms. The molecule has 7 heteroatoms. The first kappa shape index (κ1) is 19.9. The van der Waals surface area contributed by atoms with Crippen LogP contribution in [0.2, 0.25) is 0 Å². The minimum Gasteiger partial charge on any atom is -0.284 e. The first-order valence-electron chi connectivity index (χ1n) is 8.94. The fourth-order valence-electron chi connectivity index (χ4n) is 3.73. The van der Waals surface area contributed by atoms with Crippen LogP contribution in [0.1, 0.15) is 32.3 Å². The maximum Gasteiger partial charge on any atom is 0.224 e. The second-order valence-corrected chi connectivity index (χ2v) is 9.29. The topological polar surface area (TPSA) is 72.6 Å². The monoisotopic (exact) mass is 402 g/mol. The van der Waals surface area contributed by atoms with Gasteiger partial charge in [0.1, 0.15) is 9.91 Å². The molecule has 0 unspecified atom stereocenters. The summed E-state index contributed by atoms with van der Waals surface area (Å²) in [6.45, 7) is 5.54. The number of hydrogen-bond acceptors (Lipinski definition) is 6. The van der Waals surface area contributed by atoms with Crippen LogP contribution in [0.15, 0.2) is 47.5 Å². The van der Waals surface area contributed by atoms with Gasteiger partial charge in [0, 0.05) is 4.92 Å². The summed E-state index contributed by atoms with van der Waals surface area (Å²) in [5, 5.41) is 13.4. The molecule has 0 N–H and O–H groups in total. The SMILES string of the molecule is CCSC1=N[C@@](C(C)C)([C@H](C[N+](=O)[O-])c2cccc3ccccc23)C(=O)S1. The Labute approximate surface area is 167 Å². The Morgan fingerprint density at radius 2 is 1.93 bits per heavy atom. The van der Waals surface area contributed by atoms with Crippen LogP contribution in [0.4, 0.5) is 0 Å². The number of hydrogen-bond donors (Lipinski definition) is 0. The Balaban J connectivity index is 2.24. The van der Waals surface area contributed by atoms with Gasteiger partial charge in [-0.25, -0.2) is 0 Å². The Morgan fingerprint density at radius 1 is 1.22 bits per heavy atom. The maximum absolute atomic E-state index is 13.2. The van der Waals surface area contributed by atoms with E-state index in [0.29, 0.717) is 4.38 Å². The predicted octanol–water partition coefficient (Wildman–Crippen LogP) is 4.98. The predicted molar refractivity (Wildman–Crippen MR) is 114 cm³/mol. The zero-order valence-corrected chi connectivity index (χ0v) is 17.2. The summed E-state index contributed by atoms with van der Waals surface area (Å²) in [7, 11) is 0. The number of carbonyl (C=O) groups excluding carboxylic acids is 1. The normalized spacial score (nSPS) is 20.9. The van der Waals surface area contributed by atoms with Crippen molar-refractivity contribution in [3.63, 3.8) is 0 Å². The van der Waals surface area contributed by atoms with Gasteiger partial charge in [-0.3, -0.25) is 19.9 Å². The lowest BCUT2D eigenvalue weighted by molar-refractivity contribution is -0.484. The van der Waals surface area contributed by atoms with Gasteiger partial charge in [-0.1, -0.05) is 75.0 Å². The molecule has 2 aromatic rings. The fourth-order valence-corrected chi connectivity index (χ4v) is 5.95. The molecule has 0 aromatic heterocycles. The van der Waals surface area contributed by atoms with Crippen LogP contribution in [-0.2, 0) is 4.79 Å². The molecule has 0 bridgehead atoms. The fraction of sp³-hybridized carbons (Fsp3) is 0.400. The van der Waals surface area contributed by atoms with Gasteiger partial charge in [-0.15, -0.1) is 0 Å². The summed E-state index contributed by atoms with van der Waals surface area (Å²) in [5.74, 6) is 0.0338. The smallest absolute Gasteiger partial charge is 0.224 e. The van der Waals surface area contributed by atoms with E-state index in [1.807, 2.05) is 63.2 Å². The molecule has 1 heterocycles. The molecule has 0 amide bonds. The van der Waals surface area contributed by atoms with Gasteiger partial charge in [0.25, 0.3) is 0 Å². The van der Waals surface area contributed by atoms with Crippen molar-refractivity contribution in [1.29, 1.82) is 0 Å². The average molecular weight is 403 g/mol. The second kappa shape index (κ2) is 8.02. The van der Waals surface area contributed by atoms with Gasteiger partial charge in [0.2, 0.25) is 11.7 Å². The third kappa shape index (κ3) is 3.62. The molecule has 2 aromatic carbocycles. The highest BCUT2D eigenvalue weighted by molar-refractivity contribution is 8.45. The molecular formula is C20H22N2O3S2.